The first-order chi connectivity index (χ1) is 22.3. The minimum absolute atomic E-state index is 0.0127. The van der Waals surface area contributed by atoms with Crippen molar-refractivity contribution in [3.63, 3.8) is 0 Å². The van der Waals surface area contributed by atoms with Gasteiger partial charge in [0.2, 0.25) is 11.0 Å². The van der Waals surface area contributed by atoms with Crippen LogP contribution in [0.3, 0.4) is 0 Å². The van der Waals surface area contributed by atoms with E-state index < -0.39 is 57.7 Å². The number of aromatic nitrogens is 3. The topological polar surface area (TPSA) is 240 Å². The Morgan fingerprint density at radius 2 is 1.94 bits per heavy atom. The number of thioether (sulfide) groups is 1. The number of oxime groups is 1. The van der Waals surface area contributed by atoms with E-state index in [1.165, 1.54) is 55.4 Å². The van der Waals surface area contributed by atoms with Crippen LogP contribution in [0.2, 0.25) is 0 Å². The van der Waals surface area contributed by atoms with Crippen molar-refractivity contribution in [3.05, 3.63) is 86.7 Å². The van der Waals surface area contributed by atoms with Crippen molar-refractivity contribution in [2.75, 3.05) is 11.5 Å². The lowest BCUT2D eigenvalue weighted by Gasteiger charge is -2.49. The summed E-state index contributed by atoms with van der Waals surface area (Å²) >= 11 is 2.20. The number of amides is 2. The Hall–Kier alpha value is -5.49. The maximum atomic E-state index is 13.3. The maximum Gasteiger partial charge on any atom is 0.352 e. The zero-order valence-corrected chi connectivity index (χ0v) is 26.3. The summed E-state index contributed by atoms with van der Waals surface area (Å²) in [5.74, 6) is -4.67. The molecule has 2 amide bonds. The monoisotopic (exact) mass is 681 g/mol. The Labute approximate surface area is 273 Å². The molecule has 5 rings (SSSR count). The second kappa shape index (κ2) is 13.1. The van der Waals surface area contributed by atoms with Crippen molar-refractivity contribution in [2.24, 2.45) is 5.16 Å². The number of carbonyl (C=O) groups is 4. The van der Waals surface area contributed by atoms with Gasteiger partial charge in [0.05, 0.1) is 6.20 Å². The van der Waals surface area contributed by atoms with Gasteiger partial charge >= 0.3 is 11.9 Å². The van der Waals surface area contributed by atoms with Gasteiger partial charge in [-0.2, -0.15) is 0 Å². The van der Waals surface area contributed by atoms with Crippen LogP contribution in [-0.2, 0) is 30.6 Å². The van der Waals surface area contributed by atoms with Gasteiger partial charge in [-0.15, -0.1) is 23.1 Å². The molecule has 16 nitrogen and oxygen atoms in total. The number of allylic oxidation sites excluding steroid dienone is 1. The molecule has 18 heteroatoms. The molecule has 5 heterocycles. The zero-order chi connectivity index (χ0) is 34.0. The third kappa shape index (κ3) is 6.87. The molecule has 0 radical (unpaired) electrons. The van der Waals surface area contributed by atoms with Gasteiger partial charge < -0.3 is 35.8 Å². The van der Waals surface area contributed by atoms with Gasteiger partial charge in [-0.25, -0.2) is 14.6 Å². The average molecular weight is 682 g/mol. The standard InChI is InChI=1S/C29H27N7O9S2/c1-29(2,27(43)44)45-34-20(17-13-47-28(30)32-17)23(39)33-21-24(40)36-22(26(41)42)15(12-46-25(21)36)3-4-16-9-18(37)19(38)11-35(16)10-14-5-7-31-8-6-14/h3-9,11,13,21,25,38H,10,12H2,1-2H3,(H2,30,32)(H,33,39)(H,41,42)(H,43,44)/b4-3?,34-20-/t21-,25-/m1/s1. The Balaban J connectivity index is 1.39. The number of carbonyl (C=O) groups excluding carboxylic acids is 2. The number of nitrogen functional groups attached to an aromatic ring is 1. The smallest absolute Gasteiger partial charge is 0.352 e. The number of hydrogen-bond donors (Lipinski definition) is 5. The number of rotatable bonds is 11. The van der Waals surface area contributed by atoms with Gasteiger partial charge in [0, 0.05) is 41.8 Å². The van der Waals surface area contributed by atoms with Crippen LogP contribution in [0.4, 0.5) is 5.13 Å². The van der Waals surface area contributed by atoms with Gasteiger partial charge in [-0.3, -0.25) is 24.3 Å². The summed E-state index contributed by atoms with van der Waals surface area (Å²) in [7, 11) is 0. The molecule has 0 aliphatic carbocycles. The number of thiazole rings is 1. The predicted molar refractivity (Wildman–Crippen MR) is 170 cm³/mol. The molecule has 6 N–H and O–H groups in total. The van der Waals surface area contributed by atoms with Crippen LogP contribution in [0.5, 0.6) is 5.75 Å². The molecule has 2 aliphatic rings. The van der Waals surface area contributed by atoms with Crippen LogP contribution < -0.4 is 16.5 Å². The van der Waals surface area contributed by atoms with E-state index in [1.807, 2.05) is 0 Å². The molecule has 3 aromatic heterocycles. The van der Waals surface area contributed by atoms with Crippen LogP contribution in [0.15, 0.2) is 69.5 Å². The SMILES string of the molecule is CC(C)(O/N=C(\C(=O)N[C@@H]1C(=O)N2C(C(=O)O)=C(C=Cc3cc(=O)c(O)cn3Cc3ccncc3)CS[C@H]12)c1csc(N)n1)C(=O)O. The van der Waals surface area contributed by atoms with Crippen LogP contribution in [0.25, 0.3) is 6.08 Å². The first kappa shape index (κ1) is 32.9. The highest BCUT2D eigenvalue weighted by Gasteiger charge is 2.54. The van der Waals surface area contributed by atoms with E-state index in [4.69, 9.17) is 10.6 Å². The summed E-state index contributed by atoms with van der Waals surface area (Å²) in [5, 5.41) is 36.4. The highest BCUT2D eigenvalue weighted by Crippen LogP contribution is 2.41. The maximum absolute atomic E-state index is 13.3. The van der Waals surface area contributed by atoms with Crippen molar-refractivity contribution >= 4 is 63.8 Å². The van der Waals surface area contributed by atoms with E-state index >= 15 is 0 Å². The molecule has 1 saturated heterocycles. The Morgan fingerprint density at radius 3 is 2.57 bits per heavy atom. The predicted octanol–water partition coefficient (Wildman–Crippen LogP) is 1.07. The first-order valence-corrected chi connectivity index (χ1v) is 15.6. The molecule has 47 heavy (non-hydrogen) atoms. The van der Waals surface area contributed by atoms with E-state index in [0.29, 0.717) is 5.69 Å². The molecule has 244 valence electrons. The lowest BCUT2D eigenvalue weighted by molar-refractivity contribution is -0.161. The molecule has 0 unspecified atom stereocenters. The normalized spacial score (nSPS) is 18.1. The van der Waals surface area contributed by atoms with Gasteiger partial charge in [0.1, 0.15) is 22.8 Å². The number of β-lactam (4-membered cyclic amide) rings is 1. The number of hydrogen-bond acceptors (Lipinski definition) is 13. The summed E-state index contributed by atoms with van der Waals surface area (Å²) in [5.41, 5.74) is 4.02. The Kier molecular flexibility index (Phi) is 9.16. The molecule has 2 aliphatic heterocycles. The number of aromatic hydroxyl groups is 1. The molecule has 0 aromatic carbocycles. The van der Waals surface area contributed by atoms with Gasteiger partial charge in [0.25, 0.3) is 11.8 Å². The van der Waals surface area contributed by atoms with Crippen molar-refractivity contribution in [1.29, 1.82) is 0 Å². The highest BCUT2D eigenvalue weighted by atomic mass is 32.2. The molecule has 0 bridgehead atoms. The van der Waals surface area contributed by atoms with Crippen molar-refractivity contribution in [1.82, 2.24) is 24.8 Å². The van der Waals surface area contributed by atoms with Gasteiger partial charge in [0.15, 0.2) is 16.6 Å². The summed E-state index contributed by atoms with van der Waals surface area (Å²) in [6, 6.07) is 3.59. The van der Waals surface area contributed by atoms with E-state index in [1.54, 1.807) is 29.1 Å². The van der Waals surface area contributed by atoms with E-state index in [0.717, 1.165) is 21.8 Å². The third-order valence-corrected chi connectivity index (χ3v) is 9.02. The lowest BCUT2D eigenvalue weighted by atomic mass is 10.0. The number of aliphatic carboxylic acids is 2. The number of carboxylic acid groups (broad SMARTS) is 2. The summed E-state index contributed by atoms with van der Waals surface area (Å²) < 4.78 is 1.61. The van der Waals surface area contributed by atoms with Crippen LogP contribution in [0, 0.1) is 0 Å². The zero-order valence-electron chi connectivity index (χ0n) is 24.7. The van der Waals surface area contributed by atoms with Crippen molar-refractivity contribution < 1.29 is 39.3 Å². The fraction of sp³-hybridized carbons (Fsp3) is 0.241. The Bertz CT molecular complexity index is 1920. The molecular formula is C29H27N7O9S2. The first-order valence-electron chi connectivity index (χ1n) is 13.7. The number of nitrogens with zero attached hydrogens (tertiary/aromatic N) is 5. The molecular weight excluding hydrogens is 654 g/mol. The lowest BCUT2D eigenvalue weighted by Crippen LogP contribution is -2.71. The van der Waals surface area contributed by atoms with E-state index in [9.17, 15) is 39.3 Å². The fourth-order valence-electron chi connectivity index (χ4n) is 4.51. The molecule has 3 aromatic rings. The highest BCUT2D eigenvalue weighted by molar-refractivity contribution is 8.00. The van der Waals surface area contributed by atoms with Crippen LogP contribution >= 0.6 is 23.1 Å². The summed E-state index contributed by atoms with van der Waals surface area (Å²) in [6.45, 7) is 2.73. The van der Waals surface area contributed by atoms with E-state index in [2.05, 4.69) is 20.4 Å². The average Bonchev–Trinajstić information content (AvgIpc) is 3.46. The Morgan fingerprint density at radius 1 is 1.21 bits per heavy atom. The number of pyridine rings is 2. The number of nitrogens with two attached hydrogens (primary N) is 1. The minimum Gasteiger partial charge on any atom is -0.503 e. The van der Waals surface area contributed by atoms with Gasteiger partial charge in [-0.1, -0.05) is 11.2 Å². The van der Waals surface area contributed by atoms with Crippen molar-refractivity contribution in [3.8, 4) is 5.75 Å². The summed E-state index contributed by atoms with van der Waals surface area (Å²) in [6.07, 6.45) is 7.48. The van der Waals surface area contributed by atoms with Gasteiger partial charge in [-0.05, 0) is 43.2 Å². The third-order valence-electron chi connectivity index (χ3n) is 7.05. The molecule has 0 saturated carbocycles. The van der Waals surface area contributed by atoms with E-state index in [-0.39, 0.29) is 34.4 Å². The summed E-state index contributed by atoms with van der Waals surface area (Å²) in [4.78, 5) is 76.9. The molecule has 1 fully saturated rings. The second-order valence-corrected chi connectivity index (χ2v) is 12.7. The number of fused-ring (bicyclic) bond motifs is 1. The number of nitrogens with one attached hydrogen (secondary N) is 1. The second-order valence-electron chi connectivity index (χ2n) is 10.7. The fourth-order valence-corrected chi connectivity index (χ4v) is 6.38. The molecule has 0 spiro atoms. The number of anilines is 1. The largest absolute Gasteiger partial charge is 0.503 e. The number of carboxylic acids is 2. The van der Waals surface area contributed by atoms with Crippen LogP contribution in [-0.4, -0.2) is 87.0 Å². The van der Waals surface area contributed by atoms with Crippen molar-refractivity contribution in [2.45, 2.75) is 37.4 Å². The minimum atomic E-state index is -1.80. The molecule has 2 atom stereocenters. The quantitative estimate of drug-likeness (QED) is 0.108. The van der Waals surface area contributed by atoms with Crippen LogP contribution in [0.1, 0.15) is 30.8 Å².